The summed E-state index contributed by atoms with van der Waals surface area (Å²) in [6.45, 7) is 2.17. The summed E-state index contributed by atoms with van der Waals surface area (Å²) in [6.07, 6.45) is 6.77. The summed E-state index contributed by atoms with van der Waals surface area (Å²) >= 11 is 6.08. The minimum atomic E-state index is -0.145. The monoisotopic (exact) mass is 393 g/mol. The van der Waals surface area contributed by atoms with E-state index in [1.165, 1.54) is 39.2 Å². The van der Waals surface area contributed by atoms with Crippen LogP contribution < -0.4 is 10.5 Å². The Kier molecular flexibility index (Phi) is 6.47. The molecule has 1 saturated carbocycles. The molecule has 2 N–H and O–H groups in total. The van der Waals surface area contributed by atoms with Gasteiger partial charge in [0, 0.05) is 38.7 Å². The number of halogens is 1. The van der Waals surface area contributed by atoms with Gasteiger partial charge >= 0.3 is 0 Å². The SMILES string of the molecule is COc1cc(N)c(Cl)cc1C(=O)N1CCN(C(=O)CC2CCCCC2)CC1. The first-order valence-corrected chi connectivity index (χ1v) is 10.1. The van der Waals surface area contributed by atoms with Crippen molar-refractivity contribution in [2.24, 2.45) is 5.92 Å². The molecule has 2 fully saturated rings. The fraction of sp³-hybridized carbons (Fsp3) is 0.600. The van der Waals surface area contributed by atoms with Crippen LogP contribution in [0.3, 0.4) is 0 Å². The predicted molar refractivity (Wildman–Crippen MR) is 106 cm³/mol. The molecular weight excluding hydrogens is 366 g/mol. The van der Waals surface area contributed by atoms with Crippen LogP contribution >= 0.6 is 11.6 Å². The molecule has 2 aliphatic rings. The number of carbonyl (C=O) groups is 2. The highest BCUT2D eigenvalue weighted by atomic mass is 35.5. The van der Waals surface area contributed by atoms with Gasteiger partial charge in [-0.2, -0.15) is 0 Å². The van der Waals surface area contributed by atoms with E-state index in [2.05, 4.69) is 0 Å². The smallest absolute Gasteiger partial charge is 0.257 e. The summed E-state index contributed by atoms with van der Waals surface area (Å²) in [5, 5.41) is 0.334. The molecule has 0 atom stereocenters. The van der Waals surface area contributed by atoms with Crippen LogP contribution in [0, 0.1) is 5.92 Å². The van der Waals surface area contributed by atoms with Gasteiger partial charge in [-0.1, -0.05) is 30.9 Å². The Morgan fingerprint density at radius 1 is 1.11 bits per heavy atom. The van der Waals surface area contributed by atoms with Crippen LogP contribution in [0.25, 0.3) is 0 Å². The van der Waals surface area contributed by atoms with E-state index in [4.69, 9.17) is 22.1 Å². The summed E-state index contributed by atoms with van der Waals surface area (Å²) < 4.78 is 5.29. The van der Waals surface area contributed by atoms with Crippen LogP contribution in [0.2, 0.25) is 5.02 Å². The maximum absolute atomic E-state index is 12.9. The first-order chi connectivity index (χ1) is 13.0. The van der Waals surface area contributed by atoms with E-state index in [1.54, 1.807) is 17.0 Å². The molecule has 3 rings (SSSR count). The van der Waals surface area contributed by atoms with E-state index < -0.39 is 0 Å². The number of hydrogen-bond donors (Lipinski definition) is 1. The topological polar surface area (TPSA) is 75.9 Å². The zero-order valence-electron chi connectivity index (χ0n) is 15.9. The van der Waals surface area contributed by atoms with Gasteiger partial charge in [-0.3, -0.25) is 9.59 Å². The molecule has 1 heterocycles. The van der Waals surface area contributed by atoms with Gasteiger partial charge in [-0.05, 0) is 24.8 Å². The molecule has 1 aromatic carbocycles. The van der Waals surface area contributed by atoms with Crippen molar-refractivity contribution in [2.45, 2.75) is 38.5 Å². The van der Waals surface area contributed by atoms with Crippen LogP contribution in [-0.4, -0.2) is 54.9 Å². The number of nitrogens with two attached hydrogens (primary N) is 1. The highest BCUT2D eigenvalue weighted by Crippen LogP contribution is 2.30. The van der Waals surface area contributed by atoms with Crippen molar-refractivity contribution < 1.29 is 14.3 Å². The number of carbonyl (C=O) groups excluding carboxylic acids is 2. The van der Waals surface area contributed by atoms with Crippen LogP contribution in [-0.2, 0) is 4.79 Å². The summed E-state index contributed by atoms with van der Waals surface area (Å²) in [4.78, 5) is 29.1. The van der Waals surface area contributed by atoms with E-state index in [1.807, 2.05) is 4.90 Å². The van der Waals surface area contributed by atoms with Gasteiger partial charge in [0.1, 0.15) is 5.75 Å². The fourth-order valence-electron chi connectivity index (χ4n) is 4.00. The summed E-state index contributed by atoms with van der Waals surface area (Å²) in [7, 11) is 1.50. The molecule has 1 aromatic rings. The summed E-state index contributed by atoms with van der Waals surface area (Å²) in [5.41, 5.74) is 6.57. The van der Waals surface area contributed by atoms with Gasteiger partial charge in [-0.25, -0.2) is 0 Å². The zero-order valence-corrected chi connectivity index (χ0v) is 16.6. The average molecular weight is 394 g/mol. The lowest BCUT2D eigenvalue weighted by Crippen LogP contribution is -2.51. The Hall–Kier alpha value is -1.95. The molecule has 0 radical (unpaired) electrons. The summed E-state index contributed by atoms with van der Waals surface area (Å²) in [5.74, 6) is 1.03. The highest BCUT2D eigenvalue weighted by Gasteiger charge is 2.28. The van der Waals surface area contributed by atoms with E-state index in [0.29, 0.717) is 60.5 Å². The van der Waals surface area contributed by atoms with Gasteiger partial charge in [0.15, 0.2) is 0 Å². The molecule has 0 unspecified atom stereocenters. The Morgan fingerprint density at radius 3 is 2.37 bits per heavy atom. The number of rotatable bonds is 4. The Balaban J connectivity index is 1.58. The van der Waals surface area contributed by atoms with Crippen molar-refractivity contribution >= 4 is 29.1 Å². The standard InChI is InChI=1S/C20H28ClN3O3/c1-27-18-13-17(22)16(21)12-15(18)20(26)24-9-7-23(8-10-24)19(25)11-14-5-3-2-4-6-14/h12-14H,2-11,22H2,1H3. The van der Waals surface area contributed by atoms with Crippen molar-refractivity contribution in [1.82, 2.24) is 9.80 Å². The molecule has 0 spiro atoms. The summed E-state index contributed by atoms with van der Waals surface area (Å²) in [6, 6.07) is 3.12. The lowest BCUT2D eigenvalue weighted by molar-refractivity contribution is -0.133. The predicted octanol–water partition coefficient (Wildman–Crippen LogP) is 3.19. The van der Waals surface area contributed by atoms with Crippen LogP contribution in [0.15, 0.2) is 12.1 Å². The van der Waals surface area contributed by atoms with Crippen molar-refractivity contribution in [3.8, 4) is 5.75 Å². The molecule has 1 saturated heterocycles. The molecule has 2 amide bonds. The zero-order chi connectivity index (χ0) is 19.4. The highest BCUT2D eigenvalue weighted by molar-refractivity contribution is 6.33. The van der Waals surface area contributed by atoms with Crippen LogP contribution in [0.1, 0.15) is 48.9 Å². The molecule has 1 aliphatic heterocycles. The Labute approximate surface area is 165 Å². The fourth-order valence-corrected chi connectivity index (χ4v) is 4.17. The maximum Gasteiger partial charge on any atom is 0.257 e. The molecule has 7 heteroatoms. The number of amides is 2. The quantitative estimate of drug-likeness (QED) is 0.797. The number of nitrogen functional groups attached to an aromatic ring is 1. The third-order valence-corrected chi connectivity index (χ3v) is 5.98. The number of benzene rings is 1. The van der Waals surface area contributed by atoms with Gasteiger partial charge < -0.3 is 20.3 Å². The van der Waals surface area contributed by atoms with E-state index >= 15 is 0 Å². The first-order valence-electron chi connectivity index (χ1n) is 9.69. The number of anilines is 1. The maximum atomic E-state index is 12.9. The Morgan fingerprint density at radius 2 is 1.74 bits per heavy atom. The second-order valence-corrected chi connectivity index (χ2v) is 7.86. The van der Waals surface area contributed by atoms with E-state index in [0.717, 1.165) is 0 Å². The molecule has 148 valence electrons. The lowest BCUT2D eigenvalue weighted by atomic mass is 9.86. The molecule has 6 nitrogen and oxygen atoms in total. The van der Waals surface area contributed by atoms with Crippen LogP contribution in [0.4, 0.5) is 5.69 Å². The number of methoxy groups -OCH3 is 1. The van der Waals surface area contributed by atoms with Crippen molar-refractivity contribution in [3.05, 3.63) is 22.7 Å². The Bertz CT molecular complexity index is 696. The molecule has 27 heavy (non-hydrogen) atoms. The number of nitrogens with zero attached hydrogens (tertiary/aromatic N) is 2. The number of ether oxygens (including phenoxy) is 1. The van der Waals surface area contributed by atoms with Crippen molar-refractivity contribution in [1.29, 1.82) is 0 Å². The molecule has 0 aromatic heterocycles. The molecule has 1 aliphatic carbocycles. The molecular formula is C20H28ClN3O3. The first kappa shape index (κ1) is 19.8. The second-order valence-electron chi connectivity index (χ2n) is 7.46. The van der Waals surface area contributed by atoms with Crippen LogP contribution in [0.5, 0.6) is 5.75 Å². The van der Waals surface area contributed by atoms with E-state index in [9.17, 15) is 9.59 Å². The lowest BCUT2D eigenvalue weighted by Gasteiger charge is -2.36. The van der Waals surface area contributed by atoms with E-state index in [-0.39, 0.29) is 11.8 Å². The largest absolute Gasteiger partial charge is 0.496 e. The average Bonchev–Trinajstić information content (AvgIpc) is 2.70. The van der Waals surface area contributed by atoms with Gasteiger partial charge in [0.05, 0.1) is 23.4 Å². The van der Waals surface area contributed by atoms with Gasteiger partial charge in [0.25, 0.3) is 5.91 Å². The van der Waals surface area contributed by atoms with Gasteiger partial charge in [0.2, 0.25) is 5.91 Å². The number of hydrogen-bond acceptors (Lipinski definition) is 4. The van der Waals surface area contributed by atoms with Crippen molar-refractivity contribution in [3.63, 3.8) is 0 Å². The minimum absolute atomic E-state index is 0.145. The third-order valence-electron chi connectivity index (χ3n) is 5.66. The third kappa shape index (κ3) is 4.67. The molecule has 0 bridgehead atoms. The number of piperazine rings is 1. The van der Waals surface area contributed by atoms with Crippen molar-refractivity contribution in [2.75, 3.05) is 39.0 Å². The minimum Gasteiger partial charge on any atom is -0.496 e. The van der Waals surface area contributed by atoms with Gasteiger partial charge in [-0.15, -0.1) is 0 Å². The normalized spacial score (nSPS) is 18.4. The second kappa shape index (κ2) is 8.83.